The Labute approximate surface area is 187 Å². The van der Waals surface area contributed by atoms with E-state index >= 15 is 0 Å². The normalized spacial score (nSPS) is 21.4. The molecular weight excluding hydrogens is 413 g/mol. The van der Waals surface area contributed by atoms with Gasteiger partial charge in [-0.2, -0.15) is 0 Å². The molecule has 3 heterocycles. The summed E-state index contributed by atoms with van der Waals surface area (Å²) in [6.45, 7) is 4.41. The van der Waals surface area contributed by atoms with Crippen LogP contribution in [0.4, 0.5) is 4.39 Å². The maximum atomic E-state index is 13.3. The molecule has 0 radical (unpaired) electrons. The smallest absolute Gasteiger partial charge is 0.292 e. The van der Waals surface area contributed by atoms with Crippen LogP contribution in [0.2, 0.25) is 0 Å². The minimum Gasteiger partial charge on any atom is -0.490 e. The van der Waals surface area contributed by atoms with E-state index < -0.39 is 0 Å². The number of benzene rings is 1. The van der Waals surface area contributed by atoms with Crippen LogP contribution >= 0.6 is 0 Å². The van der Waals surface area contributed by atoms with Crippen molar-refractivity contribution in [3.8, 4) is 5.75 Å². The van der Waals surface area contributed by atoms with Gasteiger partial charge >= 0.3 is 0 Å². The lowest BCUT2D eigenvalue weighted by Gasteiger charge is -2.39. The third-order valence-electron chi connectivity index (χ3n) is 6.33. The molecule has 2 aliphatic rings. The van der Waals surface area contributed by atoms with Crippen LogP contribution in [0.5, 0.6) is 5.75 Å². The second kappa shape index (κ2) is 10.1. The van der Waals surface area contributed by atoms with Crippen LogP contribution < -0.4 is 4.74 Å². The molecule has 2 fully saturated rings. The van der Waals surface area contributed by atoms with Gasteiger partial charge in [-0.05, 0) is 49.9 Å². The Balaban J connectivity index is 1.47. The second-order valence-corrected chi connectivity index (χ2v) is 8.59. The van der Waals surface area contributed by atoms with Gasteiger partial charge in [0.2, 0.25) is 11.7 Å². The Kier molecular flexibility index (Phi) is 7.07. The predicted octanol–water partition coefficient (Wildman–Crippen LogP) is 3.69. The van der Waals surface area contributed by atoms with Crippen molar-refractivity contribution in [1.29, 1.82) is 0 Å². The summed E-state index contributed by atoms with van der Waals surface area (Å²) in [4.78, 5) is 29.6. The van der Waals surface area contributed by atoms with E-state index in [4.69, 9.17) is 9.26 Å². The molecule has 0 aliphatic carbocycles. The lowest BCUT2D eigenvalue weighted by molar-refractivity contribution is -0.134. The molecule has 2 saturated heterocycles. The number of hydrogen-bond donors (Lipinski definition) is 0. The van der Waals surface area contributed by atoms with Crippen molar-refractivity contribution in [2.75, 3.05) is 26.2 Å². The minimum absolute atomic E-state index is 0.102. The molecule has 2 atom stereocenters. The van der Waals surface area contributed by atoms with E-state index in [1.807, 2.05) is 11.8 Å². The molecule has 0 N–H and O–H groups in total. The molecule has 172 valence electrons. The third-order valence-corrected chi connectivity index (χ3v) is 6.33. The van der Waals surface area contributed by atoms with E-state index in [0.717, 1.165) is 38.0 Å². The van der Waals surface area contributed by atoms with Crippen molar-refractivity contribution in [2.24, 2.45) is 5.92 Å². The highest BCUT2D eigenvalue weighted by atomic mass is 19.1. The van der Waals surface area contributed by atoms with Gasteiger partial charge in [0.1, 0.15) is 17.7 Å². The molecule has 1 aromatic heterocycles. The number of carbonyl (C=O) groups excluding carboxylic acids is 2. The fourth-order valence-electron chi connectivity index (χ4n) is 4.47. The maximum absolute atomic E-state index is 13.3. The van der Waals surface area contributed by atoms with Gasteiger partial charge in [0.05, 0.1) is 5.69 Å². The zero-order chi connectivity index (χ0) is 22.5. The number of nitrogens with zero attached hydrogens (tertiary/aromatic N) is 3. The minimum atomic E-state index is -0.326. The lowest BCUT2D eigenvalue weighted by Crippen LogP contribution is -2.49. The van der Waals surface area contributed by atoms with Crippen LogP contribution in [0.1, 0.15) is 55.3 Å². The Hall–Kier alpha value is -2.90. The highest BCUT2D eigenvalue weighted by Crippen LogP contribution is 2.28. The van der Waals surface area contributed by atoms with Crippen LogP contribution in [-0.4, -0.2) is 59.1 Å². The van der Waals surface area contributed by atoms with Crippen LogP contribution in [0, 0.1) is 11.7 Å². The molecule has 4 rings (SSSR count). The summed E-state index contributed by atoms with van der Waals surface area (Å²) in [6.07, 6.45) is 4.56. The summed E-state index contributed by atoms with van der Waals surface area (Å²) >= 11 is 0. The molecule has 2 aliphatic heterocycles. The number of amides is 2. The van der Waals surface area contributed by atoms with Crippen molar-refractivity contribution < 1.29 is 23.2 Å². The third kappa shape index (κ3) is 5.29. The molecule has 0 unspecified atom stereocenters. The van der Waals surface area contributed by atoms with E-state index in [-0.39, 0.29) is 35.4 Å². The number of hydrogen-bond acceptors (Lipinski definition) is 5. The molecule has 0 spiro atoms. The van der Waals surface area contributed by atoms with Crippen LogP contribution in [0.25, 0.3) is 0 Å². The lowest BCUT2D eigenvalue weighted by atomic mass is 9.90. The van der Waals surface area contributed by atoms with E-state index in [1.54, 1.807) is 23.1 Å². The predicted molar refractivity (Wildman–Crippen MR) is 116 cm³/mol. The topological polar surface area (TPSA) is 75.9 Å². The SMILES string of the molecule is CCc1cc(C(=O)N2CC[C@H](Oc3ccc(F)cc3)[C@@H](CC(=O)N3CCCCC3)C2)on1. The van der Waals surface area contributed by atoms with Crippen molar-refractivity contribution in [3.63, 3.8) is 0 Å². The number of piperidine rings is 2. The molecule has 1 aromatic carbocycles. The van der Waals surface area contributed by atoms with Crippen LogP contribution in [-0.2, 0) is 11.2 Å². The average Bonchev–Trinajstić information content (AvgIpc) is 3.31. The van der Waals surface area contributed by atoms with Crippen molar-refractivity contribution in [2.45, 2.75) is 51.6 Å². The monoisotopic (exact) mass is 443 g/mol. The Bertz CT molecular complexity index is 924. The van der Waals surface area contributed by atoms with Gasteiger partial charge in [0.15, 0.2) is 0 Å². The van der Waals surface area contributed by atoms with Gasteiger partial charge in [-0.25, -0.2) is 4.39 Å². The summed E-state index contributed by atoms with van der Waals surface area (Å²) < 4.78 is 24.7. The first-order valence-corrected chi connectivity index (χ1v) is 11.5. The largest absolute Gasteiger partial charge is 0.490 e. The molecule has 2 aromatic rings. The summed E-state index contributed by atoms with van der Waals surface area (Å²) in [7, 11) is 0. The van der Waals surface area contributed by atoms with E-state index in [1.165, 1.54) is 12.1 Å². The number of halogens is 1. The second-order valence-electron chi connectivity index (χ2n) is 8.59. The first kappa shape index (κ1) is 22.3. The van der Waals surface area contributed by atoms with Gasteiger partial charge in [-0.15, -0.1) is 0 Å². The van der Waals surface area contributed by atoms with Crippen molar-refractivity contribution >= 4 is 11.8 Å². The number of aromatic nitrogens is 1. The van der Waals surface area contributed by atoms with Gasteiger partial charge in [-0.1, -0.05) is 12.1 Å². The number of aryl methyl sites for hydroxylation is 1. The Morgan fingerprint density at radius 3 is 2.56 bits per heavy atom. The summed E-state index contributed by atoms with van der Waals surface area (Å²) in [5.41, 5.74) is 0.736. The Morgan fingerprint density at radius 2 is 1.88 bits per heavy atom. The number of rotatable bonds is 6. The standard InChI is InChI=1S/C24H30FN3O4/c1-2-19-15-22(32-26-19)24(30)28-13-10-21(31-20-8-6-18(25)7-9-20)17(16-28)14-23(29)27-11-4-3-5-12-27/h6-9,15,17,21H,2-5,10-14,16H2,1H3/t17-,21-/m0/s1. The number of likely N-dealkylation sites (tertiary alicyclic amines) is 2. The molecule has 2 amide bonds. The Morgan fingerprint density at radius 1 is 1.12 bits per heavy atom. The summed E-state index contributed by atoms with van der Waals surface area (Å²) in [5.74, 6) is 0.182. The zero-order valence-electron chi connectivity index (χ0n) is 18.5. The first-order valence-electron chi connectivity index (χ1n) is 11.5. The maximum Gasteiger partial charge on any atom is 0.292 e. The van der Waals surface area contributed by atoms with Crippen molar-refractivity contribution in [3.05, 3.63) is 47.6 Å². The molecule has 0 saturated carbocycles. The van der Waals surface area contributed by atoms with Crippen LogP contribution in [0.15, 0.2) is 34.9 Å². The average molecular weight is 444 g/mol. The molecule has 32 heavy (non-hydrogen) atoms. The quantitative estimate of drug-likeness (QED) is 0.681. The van der Waals surface area contributed by atoms with E-state index in [9.17, 15) is 14.0 Å². The van der Waals surface area contributed by atoms with Gasteiger partial charge in [-0.3, -0.25) is 9.59 Å². The van der Waals surface area contributed by atoms with Crippen LogP contribution in [0.3, 0.4) is 0 Å². The number of carbonyl (C=O) groups is 2. The summed E-state index contributed by atoms with van der Waals surface area (Å²) in [6, 6.07) is 7.58. The summed E-state index contributed by atoms with van der Waals surface area (Å²) in [5, 5.41) is 3.92. The van der Waals surface area contributed by atoms with Gasteiger partial charge in [0, 0.05) is 51.0 Å². The van der Waals surface area contributed by atoms with E-state index in [2.05, 4.69) is 5.16 Å². The molecular formula is C24H30FN3O4. The molecule has 8 heteroatoms. The van der Waals surface area contributed by atoms with Gasteiger partial charge in [0.25, 0.3) is 5.91 Å². The number of ether oxygens (including phenoxy) is 1. The molecule has 0 bridgehead atoms. The molecule has 7 nitrogen and oxygen atoms in total. The first-order chi connectivity index (χ1) is 15.5. The highest BCUT2D eigenvalue weighted by molar-refractivity contribution is 5.91. The fraction of sp³-hybridized carbons (Fsp3) is 0.542. The van der Waals surface area contributed by atoms with E-state index in [0.29, 0.717) is 38.1 Å². The van der Waals surface area contributed by atoms with Gasteiger partial charge < -0.3 is 19.1 Å². The fourth-order valence-corrected chi connectivity index (χ4v) is 4.47. The van der Waals surface area contributed by atoms with Crippen molar-refractivity contribution in [1.82, 2.24) is 15.0 Å². The highest BCUT2D eigenvalue weighted by Gasteiger charge is 2.36. The zero-order valence-corrected chi connectivity index (χ0v) is 18.5.